The van der Waals surface area contributed by atoms with Gasteiger partial charge in [0.25, 0.3) is 5.09 Å². The highest BCUT2D eigenvalue weighted by molar-refractivity contribution is 4.91. The quantitative estimate of drug-likeness (QED) is 0.284. The van der Waals surface area contributed by atoms with Crippen molar-refractivity contribution in [3.8, 4) is 6.07 Å². The Kier molecular flexibility index (Phi) is 5.18. The van der Waals surface area contributed by atoms with Crippen molar-refractivity contribution < 1.29 is 15.4 Å². The Balaban J connectivity index is 0. The van der Waals surface area contributed by atoms with Crippen molar-refractivity contribution in [3.63, 3.8) is 0 Å². The maximum Gasteiger partial charge on any atom is 0.291 e. The molecule has 0 fully saturated rings. The Bertz CT molecular complexity index is 138. The van der Waals surface area contributed by atoms with Crippen LogP contribution in [0.3, 0.4) is 0 Å². The third-order valence-electron chi connectivity index (χ3n) is 0.274. The maximum absolute atomic E-state index is 8.47. The first-order valence-electron chi connectivity index (χ1n) is 2.26. The Hall–Kier alpha value is -1.35. The van der Waals surface area contributed by atoms with Crippen molar-refractivity contribution >= 4 is 0 Å². The van der Waals surface area contributed by atoms with Gasteiger partial charge in [-0.15, -0.1) is 10.1 Å². The molecule has 2 N–H and O–H groups in total. The lowest BCUT2D eigenvalue weighted by Crippen LogP contribution is -2.13. The van der Waals surface area contributed by atoms with E-state index < -0.39 is 10.7 Å². The molecular formula is C4H8N2O4. The van der Waals surface area contributed by atoms with Crippen LogP contribution >= 0.6 is 0 Å². The van der Waals surface area contributed by atoms with Gasteiger partial charge in [-0.3, -0.25) is 0 Å². The monoisotopic (exact) mass is 148 g/mol. The zero-order valence-corrected chi connectivity index (χ0v) is 5.61. The highest BCUT2D eigenvalue weighted by Crippen LogP contribution is 1.93. The van der Waals surface area contributed by atoms with Crippen LogP contribution in [0.2, 0.25) is 0 Å². The Morgan fingerprint density at radius 1 is 1.70 bits per heavy atom. The second-order valence-corrected chi connectivity index (χ2v) is 1.91. The summed E-state index contributed by atoms with van der Waals surface area (Å²) in [6.07, 6.45) is 0. The van der Waals surface area contributed by atoms with Gasteiger partial charge in [0.05, 0.1) is 6.07 Å². The average molecular weight is 148 g/mol. The van der Waals surface area contributed by atoms with E-state index in [1.807, 2.05) is 0 Å². The van der Waals surface area contributed by atoms with Crippen molar-refractivity contribution in [2.24, 2.45) is 0 Å². The van der Waals surface area contributed by atoms with Crippen molar-refractivity contribution in [2.45, 2.75) is 19.4 Å². The first-order chi connectivity index (χ1) is 4.29. The molecule has 0 aliphatic heterocycles. The van der Waals surface area contributed by atoms with E-state index in [1.165, 1.54) is 13.8 Å². The lowest BCUT2D eigenvalue weighted by atomic mass is 10.2. The van der Waals surface area contributed by atoms with Crippen LogP contribution in [0.4, 0.5) is 0 Å². The van der Waals surface area contributed by atoms with E-state index in [1.54, 1.807) is 6.07 Å². The first kappa shape index (κ1) is 11.4. The van der Waals surface area contributed by atoms with Crippen molar-refractivity contribution in [2.75, 3.05) is 0 Å². The van der Waals surface area contributed by atoms with Gasteiger partial charge in [-0.1, -0.05) is 0 Å². The van der Waals surface area contributed by atoms with Gasteiger partial charge in [0.2, 0.25) is 0 Å². The van der Waals surface area contributed by atoms with Crippen molar-refractivity contribution in [1.82, 2.24) is 0 Å². The fraction of sp³-hybridized carbons (Fsp3) is 0.750. The maximum atomic E-state index is 8.47. The summed E-state index contributed by atoms with van der Waals surface area (Å²) in [7, 11) is 0. The summed E-state index contributed by atoms with van der Waals surface area (Å²) in [4.78, 5) is 8.36. The number of hydrogen-bond acceptors (Lipinski definition) is 4. The van der Waals surface area contributed by atoms with E-state index in [2.05, 4.69) is 0 Å². The Morgan fingerprint density at radius 2 is 1.80 bits per heavy atom. The molecule has 0 aliphatic rings. The summed E-state index contributed by atoms with van der Waals surface area (Å²) in [5.74, 6) is 0. The summed E-state index contributed by atoms with van der Waals surface area (Å²) in [6, 6.07) is 1.66. The van der Waals surface area contributed by atoms with Crippen molar-refractivity contribution in [3.05, 3.63) is 10.1 Å². The van der Waals surface area contributed by atoms with Crippen LogP contribution in [0.25, 0.3) is 0 Å². The number of hydrogen-bond donors (Lipinski definition) is 2. The van der Waals surface area contributed by atoms with Crippen molar-refractivity contribution in [1.29, 1.82) is 5.26 Å². The molecule has 0 aromatic rings. The van der Waals surface area contributed by atoms with Crippen LogP contribution in [-0.2, 0) is 0 Å². The molecule has 6 heteroatoms. The highest BCUT2D eigenvalue weighted by Gasteiger charge is 2.07. The lowest BCUT2D eigenvalue weighted by Gasteiger charge is -2.00. The van der Waals surface area contributed by atoms with E-state index >= 15 is 0 Å². The molecule has 0 aliphatic carbocycles. The largest absolute Gasteiger partial charge is 0.376 e. The standard InChI is InChI=1S/C4H7NO.HNO3/c1-4(2,6)3-5;2-1(3)4/h6H,1-2H3;(H,2,3,4). The zero-order chi connectivity index (χ0) is 8.78. The summed E-state index contributed by atoms with van der Waals surface area (Å²) in [5, 5.41) is 30.0. The van der Waals surface area contributed by atoms with Gasteiger partial charge >= 0.3 is 0 Å². The molecule has 0 aromatic carbocycles. The normalized spacial score (nSPS) is 8.60. The molecule has 0 atom stereocenters. The van der Waals surface area contributed by atoms with Gasteiger partial charge in [-0.05, 0) is 13.8 Å². The Labute approximate surface area is 57.4 Å². The molecule has 0 saturated heterocycles. The molecule has 0 saturated carbocycles. The summed E-state index contributed by atoms with van der Waals surface area (Å²) in [6.45, 7) is 2.88. The van der Waals surface area contributed by atoms with Crippen LogP contribution in [0.15, 0.2) is 0 Å². The number of rotatable bonds is 0. The van der Waals surface area contributed by atoms with E-state index in [0.29, 0.717) is 0 Å². The molecular weight excluding hydrogens is 140 g/mol. The van der Waals surface area contributed by atoms with Gasteiger partial charge in [0.1, 0.15) is 5.60 Å². The highest BCUT2D eigenvalue weighted by atomic mass is 16.9. The van der Waals surface area contributed by atoms with Crippen LogP contribution < -0.4 is 0 Å². The summed E-state index contributed by atoms with van der Waals surface area (Å²) >= 11 is 0. The molecule has 0 aromatic heterocycles. The number of nitrogens with zero attached hydrogens (tertiary/aromatic N) is 2. The average Bonchev–Trinajstić information content (AvgIpc) is 1.63. The first-order valence-corrected chi connectivity index (χ1v) is 2.26. The lowest BCUT2D eigenvalue weighted by molar-refractivity contribution is -0.742. The Morgan fingerprint density at radius 3 is 1.80 bits per heavy atom. The molecule has 58 valence electrons. The molecule has 0 heterocycles. The van der Waals surface area contributed by atoms with E-state index in [9.17, 15) is 0 Å². The minimum absolute atomic E-state index is 1.15. The minimum Gasteiger partial charge on any atom is -0.376 e. The molecule has 0 radical (unpaired) electrons. The molecule has 0 amide bonds. The van der Waals surface area contributed by atoms with Gasteiger partial charge in [0.15, 0.2) is 0 Å². The predicted molar refractivity (Wildman–Crippen MR) is 30.7 cm³/mol. The second-order valence-electron chi connectivity index (χ2n) is 1.91. The fourth-order valence-electron chi connectivity index (χ4n) is 0. The van der Waals surface area contributed by atoms with Crippen LogP contribution in [0, 0.1) is 21.4 Å². The summed E-state index contributed by atoms with van der Waals surface area (Å²) < 4.78 is 0. The third kappa shape index (κ3) is 78.0. The van der Waals surface area contributed by atoms with Crippen LogP contribution in [0.5, 0.6) is 0 Å². The van der Waals surface area contributed by atoms with Crippen LogP contribution in [0.1, 0.15) is 13.8 Å². The SMILES string of the molecule is CC(C)(O)C#N.O=[N+]([O-])O. The predicted octanol–water partition coefficient (Wildman–Crippen LogP) is -0.0668. The molecule has 0 bridgehead atoms. The third-order valence-corrected chi connectivity index (χ3v) is 0.274. The molecule has 10 heavy (non-hydrogen) atoms. The van der Waals surface area contributed by atoms with Gasteiger partial charge in [0, 0.05) is 0 Å². The van der Waals surface area contributed by atoms with E-state index in [-0.39, 0.29) is 0 Å². The second kappa shape index (κ2) is 4.52. The number of nitriles is 1. The molecule has 0 spiro atoms. The molecule has 0 rings (SSSR count). The molecule has 0 unspecified atom stereocenters. The van der Waals surface area contributed by atoms with E-state index in [0.717, 1.165) is 0 Å². The minimum atomic E-state index is -1.50. The number of aliphatic hydroxyl groups is 1. The smallest absolute Gasteiger partial charge is 0.291 e. The van der Waals surface area contributed by atoms with E-state index in [4.69, 9.17) is 25.7 Å². The van der Waals surface area contributed by atoms with Gasteiger partial charge in [-0.2, -0.15) is 5.26 Å². The van der Waals surface area contributed by atoms with Gasteiger partial charge in [-0.25, -0.2) is 0 Å². The topological polar surface area (TPSA) is 107 Å². The zero-order valence-electron chi connectivity index (χ0n) is 5.61. The van der Waals surface area contributed by atoms with Gasteiger partial charge < -0.3 is 10.3 Å². The van der Waals surface area contributed by atoms with Crippen LogP contribution in [-0.4, -0.2) is 21.0 Å². The summed E-state index contributed by atoms with van der Waals surface area (Å²) in [5.41, 5.74) is -1.15. The molecule has 6 nitrogen and oxygen atoms in total. The fourth-order valence-corrected chi connectivity index (χ4v) is 0.